The highest BCUT2D eigenvalue weighted by Gasteiger charge is 2.39. The highest BCUT2D eigenvalue weighted by atomic mass is 33.1. The van der Waals surface area contributed by atoms with E-state index in [9.17, 15) is 14.4 Å². The average molecular weight is 1540 g/mol. The molecule has 10 rings (SSSR count). The minimum atomic E-state index is -1.55. The van der Waals surface area contributed by atoms with Crippen LogP contribution in [0.2, 0.25) is 0 Å². The van der Waals surface area contributed by atoms with Gasteiger partial charge in [-0.1, -0.05) is 126 Å². The Balaban J connectivity index is 1.08. The van der Waals surface area contributed by atoms with Crippen LogP contribution in [-0.2, 0) is 96.1 Å². The molecule has 2 fully saturated rings. The fraction of sp³-hybridized carbons (Fsp3) is 0.425. The van der Waals surface area contributed by atoms with Gasteiger partial charge in [0.1, 0.15) is 59.6 Å². The molecule has 2 aliphatic heterocycles. The average Bonchev–Trinajstić information content (AvgIpc) is 1.48. The minimum Gasteiger partial charge on any atom is -0.361 e. The molecule has 12 atom stereocenters. The summed E-state index contributed by atoms with van der Waals surface area (Å²) >= 11 is 0. The number of nitrogens with one attached hydrogen (secondary N) is 12. The number of aromatic nitrogens is 6. The molecule has 6 heterocycles. The smallest absolute Gasteiger partial charge is 0.244 e. The van der Waals surface area contributed by atoms with E-state index in [2.05, 4.69) is 72.4 Å². The first-order valence-electron chi connectivity index (χ1n) is 37.5. The van der Waals surface area contributed by atoms with Crippen molar-refractivity contribution in [3.8, 4) is 0 Å². The summed E-state index contributed by atoms with van der Waals surface area (Å²) in [4.78, 5) is 203. The summed E-state index contributed by atoms with van der Waals surface area (Å²) in [6, 6.07) is 21.2. The van der Waals surface area contributed by atoms with Crippen molar-refractivity contribution in [2.24, 2.45) is 35.1 Å². The number of ketones is 4. The van der Waals surface area contributed by atoms with Gasteiger partial charge in [0, 0.05) is 134 Å². The Kier molecular flexibility index (Phi) is 30.4. The number of hydrogen-bond acceptors (Lipinski definition) is 18. The zero-order valence-electron chi connectivity index (χ0n) is 61.7. The number of H-pyrrole nitrogens is 4. The largest absolute Gasteiger partial charge is 0.361 e. The van der Waals surface area contributed by atoms with Gasteiger partial charge in [-0.3, -0.25) is 57.5 Å². The lowest BCUT2D eigenvalue weighted by Crippen LogP contribution is -2.61. The van der Waals surface area contributed by atoms with Gasteiger partial charge in [-0.25, -0.2) is 9.97 Å². The molecule has 4 aromatic carbocycles. The van der Waals surface area contributed by atoms with Gasteiger partial charge in [0.25, 0.3) is 0 Å². The summed E-state index contributed by atoms with van der Waals surface area (Å²) in [7, 11) is 2.14. The van der Waals surface area contributed by atoms with Gasteiger partial charge >= 0.3 is 0 Å². The third kappa shape index (κ3) is 23.5. The number of imidazole rings is 2. The number of nitrogens with zero attached hydrogens (tertiary/aromatic N) is 2. The fourth-order valence-electron chi connectivity index (χ4n) is 13.9. The third-order valence-corrected chi connectivity index (χ3v) is 22.7. The van der Waals surface area contributed by atoms with Gasteiger partial charge in [0.15, 0.2) is 5.78 Å². The van der Waals surface area contributed by atoms with Crippen molar-refractivity contribution in [2.75, 3.05) is 24.6 Å². The maximum atomic E-state index is 15.7. The molecule has 0 spiro atoms. The second-order valence-corrected chi connectivity index (χ2v) is 31.1. The van der Waals surface area contributed by atoms with Crippen molar-refractivity contribution < 1.29 is 57.5 Å². The van der Waals surface area contributed by atoms with Crippen LogP contribution in [0.3, 0.4) is 0 Å². The first-order valence-corrected chi connectivity index (χ1v) is 40.0. The maximum absolute atomic E-state index is 15.7. The number of nitrogens with two attached hydrogens (primary N) is 2. The molecule has 4 aromatic heterocycles. The molecule has 16 N–H and O–H groups in total. The number of unbranched alkanes of at least 4 members (excludes halogenated alkanes) is 2. The zero-order valence-corrected chi connectivity index (χ0v) is 63.3. The summed E-state index contributed by atoms with van der Waals surface area (Å²) in [5.41, 5.74) is 16.8. The summed E-state index contributed by atoms with van der Waals surface area (Å²) in [6.07, 6.45) is 8.76. The topological polar surface area (TPSA) is 442 Å². The van der Waals surface area contributed by atoms with Crippen molar-refractivity contribution in [1.29, 1.82) is 0 Å². The first kappa shape index (κ1) is 81.9. The molecule has 28 nitrogen and oxygen atoms in total. The van der Waals surface area contributed by atoms with E-state index in [0.29, 0.717) is 70.2 Å². The van der Waals surface area contributed by atoms with E-state index in [1.807, 2.05) is 48.5 Å². The molecule has 2 saturated heterocycles. The predicted octanol–water partition coefficient (Wildman–Crippen LogP) is 4.74. The number of carbonyl (C=O) groups is 12. The minimum absolute atomic E-state index is 0.00444. The van der Waals surface area contributed by atoms with Crippen LogP contribution >= 0.6 is 21.6 Å². The quantitative estimate of drug-likeness (QED) is 0.0362. The number of amides is 8. The van der Waals surface area contributed by atoms with E-state index >= 15 is 43.2 Å². The second kappa shape index (κ2) is 40.8. The molecule has 0 aliphatic carbocycles. The third-order valence-electron chi connectivity index (χ3n) is 20.2. The Morgan fingerprint density at radius 1 is 0.382 bits per heavy atom. The summed E-state index contributed by atoms with van der Waals surface area (Å²) in [5.74, 6) is -13.4. The number of benzene rings is 4. The standard InChI is InChI=1S/C80H98N16O12S2/c1-47-29-70(98)55-37-71(99)51(32-53-39-85-60-23-11-9-21-58(53)60)35-72(100)62(25-13-15-27-81)90-76(104)65(31-50-19-7-4-8-20-50)94-79(107)67(38-57-42-84-46-88-57)92-73(101)48(2)89-80(108)68(44-110-109-43-55)96-78(106)66(34-54-40-86-61-24-12-10-22-59(54)61)95-75(103)63(26-14-16-28-82)91-77(105)64(30-49-17-5-3-6-18-49)93-74(102)52(36-69(47)97)33-56-41-83-45-87-56/h3-12,17-24,39-42,45-48,51-52,55,62-68,85-86H,13-16,25-38,43-44,81-82H2,1-2H3,(H,83,87)(H,84,88)(H,89,108)(H,90,104)(H,91,105)(H,92,101)(H,93,102)(H,94,107)(H,95,103)(H,96,106)/t47-,48+,51-,52-,55+,62+,63+,64-,65-,66+,67+,68+/m1/s1. The van der Waals surface area contributed by atoms with E-state index < -0.39 is 168 Å². The monoisotopic (exact) mass is 1540 g/mol. The normalized spacial score (nSPS) is 24.3. The maximum Gasteiger partial charge on any atom is 0.244 e. The molecule has 582 valence electrons. The van der Waals surface area contributed by atoms with Crippen molar-refractivity contribution in [1.82, 2.24) is 72.4 Å². The van der Waals surface area contributed by atoms with Gasteiger partial charge in [0.05, 0.1) is 36.0 Å². The highest BCUT2D eigenvalue weighted by Crippen LogP contribution is 2.32. The molecular weight excluding hydrogens is 1440 g/mol. The van der Waals surface area contributed by atoms with Gasteiger partial charge in [0.2, 0.25) is 47.3 Å². The lowest BCUT2D eigenvalue weighted by atomic mass is 9.82. The summed E-state index contributed by atoms with van der Waals surface area (Å²) < 4.78 is 0. The number of carbonyl (C=O) groups excluding carboxylic acids is 12. The van der Waals surface area contributed by atoms with Crippen LogP contribution < -0.4 is 54.0 Å². The Bertz CT molecular complexity index is 4180. The number of para-hydroxylation sites is 2. The molecule has 0 radical (unpaired) electrons. The van der Waals surface area contributed by atoms with E-state index in [4.69, 9.17) is 11.5 Å². The fourth-order valence-corrected chi connectivity index (χ4v) is 16.4. The van der Waals surface area contributed by atoms with Gasteiger partial charge in [-0.15, -0.1) is 0 Å². The predicted molar refractivity (Wildman–Crippen MR) is 419 cm³/mol. The van der Waals surface area contributed by atoms with Gasteiger partial charge < -0.3 is 73.9 Å². The lowest BCUT2D eigenvalue weighted by molar-refractivity contribution is -0.136. The van der Waals surface area contributed by atoms with E-state index in [-0.39, 0.29) is 76.0 Å². The van der Waals surface area contributed by atoms with Crippen LogP contribution in [0.25, 0.3) is 21.8 Å². The second-order valence-electron chi connectivity index (χ2n) is 28.5. The van der Waals surface area contributed by atoms with Crippen LogP contribution in [0.1, 0.15) is 112 Å². The van der Waals surface area contributed by atoms with E-state index in [1.165, 1.54) is 25.8 Å². The van der Waals surface area contributed by atoms with E-state index in [0.717, 1.165) is 32.5 Å². The molecule has 2 aliphatic rings. The molecule has 2 bridgehead atoms. The molecule has 110 heavy (non-hydrogen) atoms. The number of rotatable bonds is 20. The molecule has 30 heteroatoms. The Morgan fingerprint density at radius 3 is 1.42 bits per heavy atom. The van der Waals surface area contributed by atoms with Crippen LogP contribution in [0.15, 0.2) is 147 Å². The summed E-state index contributed by atoms with van der Waals surface area (Å²) in [5, 5.41) is 24.3. The molecule has 0 unspecified atom stereocenters. The molecular formula is C80H98N16O12S2. The molecule has 0 saturated carbocycles. The number of fused-ring (bicyclic) bond motifs is 7. The van der Waals surface area contributed by atoms with Gasteiger partial charge in [-0.2, -0.15) is 0 Å². The van der Waals surface area contributed by atoms with Gasteiger partial charge in [-0.05, 0) is 99.3 Å². The zero-order chi connectivity index (χ0) is 78.1. The van der Waals surface area contributed by atoms with Crippen LogP contribution in [0.4, 0.5) is 0 Å². The molecule has 8 amide bonds. The SMILES string of the molecule is C[C@@H]1CC(=O)[C@@H]2CSSC[C@H](NC(=O)[C@H](Cc3c[nH]c4ccccc34)NC(=O)[C@H](CCCCN)NC(=O)[C@@H](Cc3ccccc3)NC(=O)[C@H](Cc3c[nH]cn3)CC1=O)C(=O)N[C@@H](C)C(=O)N[C@@H](Cc1c[nH]cn1)C(=O)N[C@H](Cc1ccccc1)C(=O)N[C@@H](CCCCN)C(=O)C[C@@H](Cc1c[nH]c3ccccc13)C(=O)C2. The lowest BCUT2D eigenvalue weighted by Gasteiger charge is -2.28. The van der Waals surface area contributed by atoms with Crippen LogP contribution in [0, 0.1) is 23.7 Å². The van der Waals surface area contributed by atoms with E-state index in [1.54, 1.807) is 86.2 Å². The van der Waals surface area contributed by atoms with Crippen molar-refractivity contribution in [2.45, 2.75) is 165 Å². The number of Topliss-reactive ketones (excluding diaryl/α,β-unsaturated/α-hetero) is 4. The first-order chi connectivity index (χ1) is 53.2. The Hall–Kier alpha value is -10.6. The Labute approximate surface area is 645 Å². The molecule has 8 aromatic rings. The summed E-state index contributed by atoms with van der Waals surface area (Å²) in [6.45, 7) is 3.43. The van der Waals surface area contributed by atoms with Crippen molar-refractivity contribution in [3.05, 3.63) is 180 Å². The van der Waals surface area contributed by atoms with Crippen molar-refractivity contribution >= 4 is 114 Å². The van der Waals surface area contributed by atoms with Crippen LogP contribution in [-0.4, -0.2) is 173 Å². The highest BCUT2D eigenvalue weighted by molar-refractivity contribution is 8.76. The van der Waals surface area contributed by atoms with Crippen LogP contribution in [0.5, 0.6) is 0 Å². The number of aromatic amines is 4. The number of hydrogen-bond donors (Lipinski definition) is 14. The van der Waals surface area contributed by atoms with Crippen molar-refractivity contribution in [3.63, 3.8) is 0 Å². The Morgan fingerprint density at radius 2 is 0.845 bits per heavy atom.